The first-order valence-corrected chi connectivity index (χ1v) is 7.58. The predicted octanol–water partition coefficient (Wildman–Crippen LogP) is 4.63. The molecule has 0 bridgehead atoms. The molecule has 3 heteroatoms. The molecular weight excluding hydrogens is 284 g/mol. The van der Waals surface area contributed by atoms with Crippen molar-refractivity contribution in [3.63, 3.8) is 0 Å². The van der Waals surface area contributed by atoms with E-state index in [4.69, 9.17) is 4.74 Å². The molecule has 0 spiro atoms. The van der Waals surface area contributed by atoms with Crippen LogP contribution in [0.4, 0.5) is 0 Å². The fourth-order valence-electron chi connectivity index (χ4n) is 2.12. The van der Waals surface area contributed by atoms with Gasteiger partial charge in [-0.2, -0.15) is 11.8 Å². The Kier molecular flexibility index (Phi) is 4.59. The fourth-order valence-corrected chi connectivity index (χ4v) is 3.84. The molecule has 0 heterocycles. The summed E-state index contributed by atoms with van der Waals surface area (Å²) in [5.41, 5.74) is 1.30. The van der Waals surface area contributed by atoms with Crippen LogP contribution in [-0.4, -0.2) is 12.4 Å². The van der Waals surface area contributed by atoms with E-state index in [1.54, 1.807) is 7.11 Å². The van der Waals surface area contributed by atoms with Crippen LogP contribution in [0.3, 0.4) is 0 Å². The number of hydrogen-bond donors (Lipinski definition) is 0. The van der Waals surface area contributed by atoms with E-state index < -0.39 is 0 Å². The van der Waals surface area contributed by atoms with Crippen LogP contribution in [0.15, 0.2) is 22.7 Å². The van der Waals surface area contributed by atoms with Gasteiger partial charge in [0.2, 0.25) is 0 Å². The van der Waals surface area contributed by atoms with Gasteiger partial charge in [-0.05, 0) is 31.0 Å². The summed E-state index contributed by atoms with van der Waals surface area (Å²) in [6.45, 7) is 0. The molecule has 1 aliphatic carbocycles. The molecule has 0 aromatic heterocycles. The number of rotatable bonds is 4. The van der Waals surface area contributed by atoms with Gasteiger partial charge in [0.05, 0.1) is 7.11 Å². The maximum absolute atomic E-state index is 5.38. The zero-order valence-corrected chi connectivity index (χ0v) is 11.9. The average molecular weight is 301 g/mol. The van der Waals surface area contributed by atoms with Gasteiger partial charge in [0.1, 0.15) is 5.75 Å². The Morgan fingerprint density at radius 3 is 2.81 bits per heavy atom. The number of hydrogen-bond acceptors (Lipinski definition) is 2. The topological polar surface area (TPSA) is 9.23 Å². The first-order chi connectivity index (χ1) is 7.79. The van der Waals surface area contributed by atoms with Gasteiger partial charge in [0.15, 0.2) is 0 Å². The molecule has 0 amide bonds. The van der Waals surface area contributed by atoms with Crippen LogP contribution >= 0.6 is 27.7 Å². The first kappa shape index (κ1) is 12.3. The molecule has 0 aliphatic heterocycles. The largest absolute Gasteiger partial charge is 0.496 e. The van der Waals surface area contributed by atoms with Crippen molar-refractivity contribution >= 4 is 27.7 Å². The van der Waals surface area contributed by atoms with Crippen molar-refractivity contribution in [2.24, 2.45) is 0 Å². The molecule has 0 unspecified atom stereocenters. The average Bonchev–Trinajstić information content (AvgIpc) is 2.79. The number of thioether (sulfide) groups is 1. The van der Waals surface area contributed by atoms with Crippen molar-refractivity contribution in [2.75, 3.05) is 7.11 Å². The maximum Gasteiger partial charge on any atom is 0.122 e. The van der Waals surface area contributed by atoms with Crippen LogP contribution in [0.25, 0.3) is 0 Å². The molecule has 1 fully saturated rings. The number of benzene rings is 1. The quantitative estimate of drug-likeness (QED) is 0.801. The third kappa shape index (κ3) is 3.17. The molecule has 0 N–H and O–H groups in total. The van der Waals surface area contributed by atoms with Gasteiger partial charge < -0.3 is 4.74 Å². The highest BCUT2D eigenvalue weighted by Crippen LogP contribution is 2.34. The molecule has 1 saturated carbocycles. The summed E-state index contributed by atoms with van der Waals surface area (Å²) in [4.78, 5) is 0. The van der Waals surface area contributed by atoms with Crippen molar-refractivity contribution in [1.29, 1.82) is 0 Å². The van der Waals surface area contributed by atoms with Crippen LogP contribution in [0.5, 0.6) is 5.75 Å². The lowest BCUT2D eigenvalue weighted by atomic mass is 10.2. The number of methoxy groups -OCH3 is 1. The molecule has 1 aromatic rings. The molecule has 0 saturated heterocycles. The van der Waals surface area contributed by atoms with Crippen molar-refractivity contribution < 1.29 is 4.74 Å². The van der Waals surface area contributed by atoms with E-state index in [1.165, 1.54) is 31.2 Å². The molecule has 1 aliphatic rings. The molecule has 1 aromatic carbocycles. The zero-order chi connectivity index (χ0) is 11.4. The first-order valence-electron chi connectivity index (χ1n) is 5.73. The lowest BCUT2D eigenvalue weighted by molar-refractivity contribution is 0.411. The summed E-state index contributed by atoms with van der Waals surface area (Å²) in [6.07, 6.45) is 5.60. The van der Waals surface area contributed by atoms with Gasteiger partial charge in [-0.1, -0.05) is 28.8 Å². The van der Waals surface area contributed by atoms with Crippen molar-refractivity contribution in [1.82, 2.24) is 0 Å². The van der Waals surface area contributed by atoms with E-state index in [0.29, 0.717) is 0 Å². The Balaban J connectivity index is 1.98. The van der Waals surface area contributed by atoms with E-state index >= 15 is 0 Å². The van der Waals surface area contributed by atoms with Gasteiger partial charge in [-0.25, -0.2) is 0 Å². The third-order valence-corrected chi connectivity index (χ3v) is 4.93. The van der Waals surface area contributed by atoms with Gasteiger partial charge in [0, 0.05) is 21.0 Å². The molecule has 1 nitrogen and oxygen atoms in total. The summed E-state index contributed by atoms with van der Waals surface area (Å²) in [6, 6.07) is 6.23. The number of ether oxygens (including phenoxy) is 1. The van der Waals surface area contributed by atoms with E-state index in [9.17, 15) is 0 Å². The Morgan fingerprint density at radius 2 is 2.12 bits per heavy atom. The van der Waals surface area contributed by atoms with Crippen molar-refractivity contribution in [3.8, 4) is 5.75 Å². The van der Waals surface area contributed by atoms with Gasteiger partial charge in [-0.3, -0.25) is 0 Å². The molecular formula is C13H17BrOS. The minimum atomic E-state index is 0.865. The fraction of sp³-hybridized carbons (Fsp3) is 0.538. The second kappa shape index (κ2) is 5.97. The smallest absolute Gasteiger partial charge is 0.122 e. The van der Waals surface area contributed by atoms with Crippen LogP contribution in [0.2, 0.25) is 0 Å². The maximum atomic E-state index is 5.38. The highest BCUT2D eigenvalue weighted by Gasteiger charge is 2.16. The van der Waals surface area contributed by atoms with Gasteiger partial charge >= 0.3 is 0 Å². The van der Waals surface area contributed by atoms with Crippen LogP contribution in [0, 0.1) is 0 Å². The lowest BCUT2D eigenvalue weighted by Gasteiger charge is -2.12. The monoisotopic (exact) mass is 300 g/mol. The Labute approximate surface area is 110 Å². The Morgan fingerprint density at radius 1 is 1.38 bits per heavy atom. The predicted molar refractivity (Wildman–Crippen MR) is 74.2 cm³/mol. The van der Waals surface area contributed by atoms with E-state index in [-0.39, 0.29) is 0 Å². The highest BCUT2D eigenvalue weighted by atomic mass is 79.9. The molecule has 88 valence electrons. The Bertz CT molecular complexity index is 348. The summed E-state index contributed by atoms with van der Waals surface area (Å²) in [7, 11) is 1.74. The zero-order valence-electron chi connectivity index (χ0n) is 9.54. The van der Waals surface area contributed by atoms with E-state index in [0.717, 1.165) is 21.2 Å². The molecule has 0 atom stereocenters. The van der Waals surface area contributed by atoms with E-state index in [1.807, 2.05) is 12.1 Å². The van der Waals surface area contributed by atoms with Crippen LogP contribution < -0.4 is 4.74 Å². The SMILES string of the molecule is COc1ccc(Br)cc1CSC1CCCC1. The minimum absolute atomic E-state index is 0.865. The third-order valence-electron chi connectivity index (χ3n) is 3.02. The summed E-state index contributed by atoms with van der Waals surface area (Å²) in [5.74, 6) is 2.07. The van der Waals surface area contributed by atoms with E-state index in [2.05, 4.69) is 33.8 Å². The van der Waals surface area contributed by atoms with Gasteiger partial charge in [0.25, 0.3) is 0 Å². The molecule has 2 rings (SSSR count). The molecule has 0 radical (unpaired) electrons. The molecule has 16 heavy (non-hydrogen) atoms. The number of halogens is 1. The lowest BCUT2D eigenvalue weighted by Crippen LogP contribution is -1.96. The van der Waals surface area contributed by atoms with Crippen molar-refractivity contribution in [2.45, 2.75) is 36.7 Å². The Hall–Kier alpha value is -0.150. The second-order valence-corrected chi connectivity index (χ2v) is 6.38. The summed E-state index contributed by atoms with van der Waals surface area (Å²) in [5, 5.41) is 0.865. The van der Waals surface area contributed by atoms with Crippen LogP contribution in [-0.2, 0) is 5.75 Å². The summed E-state index contributed by atoms with van der Waals surface area (Å²) >= 11 is 5.59. The standard InChI is InChI=1S/C13H17BrOS/c1-15-13-7-6-11(14)8-10(13)9-16-12-4-2-3-5-12/h6-8,12H,2-5,9H2,1H3. The highest BCUT2D eigenvalue weighted by molar-refractivity contribution is 9.10. The van der Waals surface area contributed by atoms with Crippen LogP contribution in [0.1, 0.15) is 31.2 Å². The van der Waals surface area contributed by atoms with Gasteiger partial charge in [-0.15, -0.1) is 0 Å². The second-order valence-electron chi connectivity index (χ2n) is 4.17. The minimum Gasteiger partial charge on any atom is -0.496 e. The summed E-state index contributed by atoms with van der Waals surface area (Å²) < 4.78 is 6.52. The normalized spacial score (nSPS) is 16.6. The van der Waals surface area contributed by atoms with Crippen molar-refractivity contribution in [3.05, 3.63) is 28.2 Å².